The summed E-state index contributed by atoms with van der Waals surface area (Å²) in [6.45, 7) is 6.87. The third-order valence-corrected chi connectivity index (χ3v) is 3.80. The molecule has 0 aromatic rings. The molecule has 1 aliphatic heterocycles. The summed E-state index contributed by atoms with van der Waals surface area (Å²) in [5, 5.41) is 0. The third-order valence-electron chi connectivity index (χ3n) is 3.80. The molecule has 0 unspecified atom stereocenters. The van der Waals surface area contributed by atoms with Crippen LogP contribution in [0.25, 0.3) is 0 Å². The second kappa shape index (κ2) is 2.84. The lowest BCUT2D eigenvalue weighted by Crippen LogP contribution is -2.44. The van der Waals surface area contributed by atoms with Crippen LogP contribution in [0.2, 0.25) is 0 Å². The molecule has 0 bridgehead atoms. The number of ether oxygens (including phenoxy) is 1. The Kier molecular flexibility index (Phi) is 2.03. The number of allylic oxidation sites excluding steroid dienone is 1. The fourth-order valence-corrected chi connectivity index (χ4v) is 2.67. The summed E-state index contributed by atoms with van der Waals surface area (Å²) in [5.41, 5.74) is 0.386. The zero-order valence-electron chi connectivity index (χ0n) is 8.97. The van der Waals surface area contributed by atoms with Crippen molar-refractivity contribution in [2.24, 2.45) is 5.41 Å². The van der Waals surface area contributed by atoms with Gasteiger partial charge in [-0.25, -0.2) is 0 Å². The monoisotopic (exact) mass is 180 g/mol. The van der Waals surface area contributed by atoms with Gasteiger partial charge in [0.1, 0.15) is 0 Å². The number of hydrogen-bond donors (Lipinski definition) is 0. The Morgan fingerprint density at radius 3 is 2.62 bits per heavy atom. The van der Waals surface area contributed by atoms with Gasteiger partial charge in [-0.1, -0.05) is 26.0 Å². The second-order valence-electron chi connectivity index (χ2n) is 5.18. The average molecular weight is 180 g/mol. The molecule has 1 saturated heterocycles. The molecular weight excluding hydrogens is 160 g/mol. The van der Waals surface area contributed by atoms with E-state index in [-0.39, 0.29) is 5.60 Å². The van der Waals surface area contributed by atoms with Crippen molar-refractivity contribution in [3.8, 4) is 0 Å². The van der Waals surface area contributed by atoms with Crippen molar-refractivity contribution in [3.05, 3.63) is 12.2 Å². The molecule has 0 radical (unpaired) electrons. The van der Waals surface area contributed by atoms with E-state index in [1.165, 1.54) is 25.7 Å². The molecule has 1 nitrogen and oxygen atoms in total. The zero-order chi connectivity index (χ0) is 9.53. The molecule has 0 N–H and O–H groups in total. The highest BCUT2D eigenvalue weighted by Crippen LogP contribution is 2.49. The van der Waals surface area contributed by atoms with E-state index >= 15 is 0 Å². The van der Waals surface area contributed by atoms with Crippen molar-refractivity contribution in [1.29, 1.82) is 0 Å². The van der Waals surface area contributed by atoms with Crippen LogP contribution in [-0.4, -0.2) is 11.7 Å². The molecule has 2 atom stereocenters. The maximum Gasteiger partial charge on any atom is 0.0917 e. The standard InChI is InChI=1S/C12H20O/c1-10-6-9-12(13-10)8-5-4-7-11(12,2)3/h5,8,10H,4,6-7,9H2,1-3H3/t10-,12-/m1/s1. The summed E-state index contributed by atoms with van der Waals surface area (Å²) in [6, 6.07) is 0. The highest BCUT2D eigenvalue weighted by Gasteiger charge is 2.49. The van der Waals surface area contributed by atoms with Crippen molar-refractivity contribution < 1.29 is 4.74 Å². The van der Waals surface area contributed by atoms with Crippen LogP contribution in [-0.2, 0) is 4.74 Å². The summed E-state index contributed by atoms with van der Waals surface area (Å²) >= 11 is 0. The summed E-state index contributed by atoms with van der Waals surface area (Å²) in [4.78, 5) is 0. The third kappa shape index (κ3) is 1.34. The lowest BCUT2D eigenvalue weighted by atomic mass is 9.67. The molecule has 1 spiro atoms. The van der Waals surface area contributed by atoms with Gasteiger partial charge < -0.3 is 4.74 Å². The highest BCUT2D eigenvalue weighted by molar-refractivity contribution is 5.16. The van der Waals surface area contributed by atoms with E-state index in [1.54, 1.807) is 0 Å². The quantitative estimate of drug-likeness (QED) is 0.520. The number of hydrogen-bond acceptors (Lipinski definition) is 1. The Bertz CT molecular complexity index is 229. The molecule has 13 heavy (non-hydrogen) atoms. The van der Waals surface area contributed by atoms with Gasteiger partial charge in [0.25, 0.3) is 0 Å². The summed E-state index contributed by atoms with van der Waals surface area (Å²) in [7, 11) is 0. The Morgan fingerprint density at radius 1 is 1.31 bits per heavy atom. The first-order valence-corrected chi connectivity index (χ1v) is 5.41. The van der Waals surface area contributed by atoms with Crippen molar-refractivity contribution >= 4 is 0 Å². The van der Waals surface area contributed by atoms with Crippen molar-refractivity contribution in [1.82, 2.24) is 0 Å². The molecule has 1 heterocycles. The van der Waals surface area contributed by atoms with Gasteiger partial charge >= 0.3 is 0 Å². The van der Waals surface area contributed by atoms with Crippen molar-refractivity contribution in [2.75, 3.05) is 0 Å². The lowest BCUT2D eigenvalue weighted by molar-refractivity contribution is -0.0825. The Hall–Kier alpha value is -0.300. The fraction of sp³-hybridized carbons (Fsp3) is 0.833. The SMILES string of the molecule is C[C@@H]1CC[C@@]2(C=CCCC2(C)C)O1. The molecule has 0 amide bonds. The van der Waals surface area contributed by atoms with Crippen molar-refractivity contribution in [3.63, 3.8) is 0 Å². The van der Waals surface area contributed by atoms with Crippen LogP contribution in [0.1, 0.15) is 46.5 Å². The Morgan fingerprint density at radius 2 is 2.08 bits per heavy atom. The summed E-state index contributed by atoms with van der Waals surface area (Å²) < 4.78 is 6.12. The van der Waals surface area contributed by atoms with E-state index in [2.05, 4.69) is 32.9 Å². The van der Waals surface area contributed by atoms with E-state index in [9.17, 15) is 0 Å². The molecular formula is C12H20O. The number of rotatable bonds is 0. The molecule has 1 heteroatoms. The minimum atomic E-state index is 0.0602. The smallest absolute Gasteiger partial charge is 0.0917 e. The van der Waals surface area contributed by atoms with Crippen LogP contribution < -0.4 is 0 Å². The van der Waals surface area contributed by atoms with E-state index in [4.69, 9.17) is 4.74 Å². The van der Waals surface area contributed by atoms with E-state index in [1.807, 2.05) is 0 Å². The maximum atomic E-state index is 6.12. The van der Waals surface area contributed by atoms with Crippen LogP contribution in [0.5, 0.6) is 0 Å². The zero-order valence-corrected chi connectivity index (χ0v) is 8.97. The van der Waals surface area contributed by atoms with Crippen LogP contribution >= 0.6 is 0 Å². The molecule has 1 fully saturated rings. The minimum Gasteiger partial charge on any atom is -0.367 e. The largest absolute Gasteiger partial charge is 0.367 e. The van der Waals surface area contributed by atoms with Crippen LogP contribution in [0, 0.1) is 5.41 Å². The molecule has 2 rings (SSSR count). The fourth-order valence-electron chi connectivity index (χ4n) is 2.67. The minimum absolute atomic E-state index is 0.0602. The predicted octanol–water partition coefficient (Wildman–Crippen LogP) is 3.30. The Balaban J connectivity index is 2.28. The van der Waals surface area contributed by atoms with Crippen LogP contribution in [0.15, 0.2) is 12.2 Å². The van der Waals surface area contributed by atoms with Gasteiger partial charge in [-0.3, -0.25) is 0 Å². The highest BCUT2D eigenvalue weighted by atomic mass is 16.5. The van der Waals surface area contributed by atoms with E-state index in [0.717, 1.165) is 0 Å². The molecule has 2 aliphatic rings. The van der Waals surface area contributed by atoms with Gasteiger partial charge in [0.05, 0.1) is 11.7 Å². The average Bonchev–Trinajstić information content (AvgIpc) is 2.41. The van der Waals surface area contributed by atoms with Gasteiger partial charge in [-0.15, -0.1) is 0 Å². The van der Waals surface area contributed by atoms with Crippen LogP contribution in [0.4, 0.5) is 0 Å². The first-order valence-electron chi connectivity index (χ1n) is 5.41. The first kappa shape index (κ1) is 9.26. The van der Waals surface area contributed by atoms with Crippen molar-refractivity contribution in [2.45, 2.75) is 58.2 Å². The van der Waals surface area contributed by atoms with Crippen LogP contribution in [0.3, 0.4) is 0 Å². The topological polar surface area (TPSA) is 9.23 Å². The lowest BCUT2D eigenvalue weighted by Gasteiger charge is -2.44. The molecule has 1 aliphatic carbocycles. The molecule has 0 saturated carbocycles. The Labute approximate surface area is 81.2 Å². The molecule has 74 valence electrons. The maximum absolute atomic E-state index is 6.12. The van der Waals surface area contributed by atoms with Gasteiger partial charge in [-0.2, -0.15) is 0 Å². The normalized spacial score (nSPS) is 42.8. The summed E-state index contributed by atoms with van der Waals surface area (Å²) in [6.07, 6.45) is 9.96. The second-order valence-corrected chi connectivity index (χ2v) is 5.18. The van der Waals surface area contributed by atoms with Gasteiger partial charge in [0.2, 0.25) is 0 Å². The van der Waals surface area contributed by atoms with Gasteiger partial charge in [0.15, 0.2) is 0 Å². The summed E-state index contributed by atoms with van der Waals surface area (Å²) in [5.74, 6) is 0. The predicted molar refractivity (Wildman–Crippen MR) is 54.7 cm³/mol. The van der Waals surface area contributed by atoms with Gasteiger partial charge in [-0.05, 0) is 38.0 Å². The first-order chi connectivity index (χ1) is 6.06. The molecule has 0 aromatic carbocycles. The van der Waals surface area contributed by atoms with E-state index in [0.29, 0.717) is 11.5 Å². The van der Waals surface area contributed by atoms with E-state index < -0.39 is 0 Å². The molecule has 0 aromatic heterocycles. The van der Waals surface area contributed by atoms with Gasteiger partial charge in [0, 0.05) is 0 Å².